The van der Waals surface area contributed by atoms with Crippen LogP contribution in [0, 0.1) is 0 Å². The van der Waals surface area contributed by atoms with Gasteiger partial charge in [0, 0.05) is 11.9 Å². The number of aliphatic hydroxyl groups excluding tert-OH is 1. The van der Waals surface area contributed by atoms with E-state index in [1.807, 2.05) is 37.4 Å². The van der Waals surface area contributed by atoms with Crippen molar-refractivity contribution in [1.82, 2.24) is 9.80 Å². The average Bonchev–Trinajstić information content (AvgIpc) is 2.82. The molecule has 0 fully saturated rings. The van der Waals surface area contributed by atoms with Crippen LogP contribution in [0.3, 0.4) is 0 Å². The minimum atomic E-state index is -0.577. The highest BCUT2D eigenvalue weighted by Gasteiger charge is 2.15. The van der Waals surface area contributed by atoms with Crippen molar-refractivity contribution >= 4 is 11.0 Å². The van der Waals surface area contributed by atoms with Crippen LogP contribution in [0.1, 0.15) is 18.3 Å². The number of rotatable bonds is 7. The Morgan fingerprint density at radius 2 is 1.90 bits per heavy atom. The van der Waals surface area contributed by atoms with Gasteiger partial charge in [-0.15, -0.1) is 0 Å². The normalized spacial score (nSPS) is 13.5. The van der Waals surface area contributed by atoms with Gasteiger partial charge in [-0.2, -0.15) is 0 Å². The van der Waals surface area contributed by atoms with Gasteiger partial charge in [-0.1, -0.05) is 18.2 Å². The largest absolute Gasteiger partial charge is 0.458 e. The van der Waals surface area contributed by atoms with Gasteiger partial charge in [0.15, 0.2) is 0 Å². The van der Waals surface area contributed by atoms with E-state index in [0.29, 0.717) is 12.3 Å². The van der Waals surface area contributed by atoms with Gasteiger partial charge in [0.2, 0.25) is 0 Å². The number of furan rings is 1. The summed E-state index contributed by atoms with van der Waals surface area (Å²) in [5, 5.41) is 11.3. The van der Waals surface area contributed by atoms with Crippen LogP contribution in [0.15, 0.2) is 34.7 Å². The van der Waals surface area contributed by atoms with Crippen molar-refractivity contribution in [3.05, 3.63) is 36.1 Å². The molecule has 110 valence electrons. The summed E-state index contributed by atoms with van der Waals surface area (Å²) in [5.41, 5.74) is 0.830. The number of fused-ring (bicyclic) bond motifs is 1. The molecule has 0 bridgehead atoms. The second-order valence-electron chi connectivity index (χ2n) is 5.62. The first-order chi connectivity index (χ1) is 9.56. The molecule has 2 rings (SSSR count). The first kappa shape index (κ1) is 15.0. The summed E-state index contributed by atoms with van der Waals surface area (Å²) >= 11 is 0. The zero-order valence-corrected chi connectivity index (χ0v) is 12.5. The Labute approximate surface area is 120 Å². The SMILES string of the molecule is CN(C)CCCN(C)CC(O)c1cc2ccccc2o1. The lowest BCUT2D eigenvalue weighted by molar-refractivity contribution is 0.106. The predicted molar refractivity (Wildman–Crippen MR) is 81.8 cm³/mol. The minimum absolute atomic E-state index is 0.577. The molecule has 0 saturated heterocycles. The first-order valence-electron chi connectivity index (χ1n) is 7.06. The van der Waals surface area contributed by atoms with Crippen molar-refractivity contribution in [1.29, 1.82) is 0 Å². The lowest BCUT2D eigenvalue weighted by Gasteiger charge is -2.20. The zero-order valence-electron chi connectivity index (χ0n) is 12.5. The van der Waals surface area contributed by atoms with E-state index in [2.05, 4.69) is 23.9 Å². The number of para-hydroxylation sites is 1. The summed E-state index contributed by atoms with van der Waals surface area (Å²) in [6.45, 7) is 2.62. The Morgan fingerprint density at radius 1 is 1.15 bits per heavy atom. The standard InChI is InChI=1S/C16H24N2O2/c1-17(2)9-6-10-18(3)12-14(19)16-11-13-7-4-5-8-15(13)20-16/h4-5,7-8,11,14,19H,6,9-10,12H2,1-3H3. The Hall–Kier alpha value is -1.36. The average molecular weight is 276 g/mol. The summed E-state index contributed by atoms with van der Waals surface area (Å²) < 4.78 is 5.69. The number of nitrogens with zero attached hydrogens (tertiary/aromatic N) is 2. The molecule has 1 N–H and O–H groups in total. The van der Waals surface area contributed by atoms with Gasteiger partial charge in [0.1, 0.15) is 17.4 Å². The quantitative estimate of drug-likeness (QED) is 0.842. The number of likely N-dealkylation sites (N-methyl/N-ethyl adjacent to an activating group) is 1. The number of hydrogen-bond acceptors (Lipinski definition) is 4. The van der Waals surface area contributed by atoms with Crippen LogP contribution >= 0.6 is 0 Å². The molecule has 0 aliphatic carbocycles. The third-order valence-corrected chi connectivity index (χ3v) is 3.40. The van der Waals surface area contributed by atoms with Gasteiger partial charge >= 0.3 is 0 Å². The van der Waals surface area contributed by atoms with Crippen LogP contribution in [0.4, 0.5) is 0 Å². The van der Waals surface area contributed by atoms with Crippen molar-refractivity contribution in [2.45, 2.75) is 12.5 Å². The molecule has 0 aliphatic rings. The fourth-order valence-electron chi connectivity index (χ4n) is 2.30. The van der Waals surface area contributed by atoms with Crippen molar-refractivity contribution in [3.63, 3.8) is 0 Å². The maximum atomic E-state index is 10.3. The molecule has 1 aromatic heterocycles. The van der Waals surface area contributed by atoms with Gasteiger partial charge in [-0.3, -0.25) is 0 Å². The second-order valence-corrected chi connectivity index (χ2v) is 5.62. The molecular formula is C16H24N2O2. The molecule has 4 nitrogen and oxygen atoms in total. The molecule has 4 heteroatoms. The minimum Gasteiger partial charge on any atom is -0.458 e. The van der Waals surface area contributed by atoms with Crippen molar-refractivity contribution in [2.75, 3.05) is 40.8 Å². The van der Waals surface area contributed by atoms with E-state index >= 15 is 0 Å². The Balaban J connectivity index is 1.89. The first-order valence-corrected chi connectivity index (χ1v) is 7.06. The Bertz CT molecular complexity index is 503. The number of aliphatic hydroxyl groups is 1. The van der Waals surface area contributed by atoms with Crippen LogP contribution < -0.4 is 0 Å². The molecule has 1 heterocycles. The molecule has 0 saturated carbocycles. The highest BCUT2D eigenvalue weighted by molar-refractivity contribution is 5.77. The highest BCUT2D eigenvalue weighted by atomic mass is 16.4. The molecule has 20 heavy (non-hydrogen) atoms. The Morgan fingerprint density at radius 3 is 2.60 bits per heavy atom. The lowest BCUT2D eigenvalue weighted by Crippen LogP contribution is -2.27. The third kappa shape index (κ3) is 4.07. The van der Waals surface area contributed by atoms with Gasteiger partial charge in [0.25, 0.3) is 0 Å². The molecule has 1 unspecified atom stereocenters. The molecule has 0 radical (unpaired) electrons. The van der Waals surface area contributed by atoms with E-state index in [4.69, 9.17) is 4.42 Å². The van der Waals surface area contributed by atoms with Crippen molar-refractivity contribution in [3.8, 4) is 0 Å². The monoisotopic (exact) mass is 276 g/mol. The van der Waals surface area contributed by atoms with Crippen LogP contribution in [0.5, 0.6) is 0 Å². The fourth-order valence-corrected chi connectivity index (χ4v) is 2.30. The molecule has 0 aliphatic heterocycles. The molecule has 1 aromatic carbocycles. The topological polar surface area (TPSA) is 39.9 Å². The summed E-state index contributed by atoms with van der Waals surface area (Å²) in [4.78, 5) is 4.31. The highest BCUT2D eigenvalue weighted by Crippen LogP contribution is 2.24. The van der Waals surface area contributed by atoms with E-state index in [9.17, 15) is 5.11 Å². The maximum Gasteiger partial charge on any atom is 0.135 e. The fraction of sp³-hybridized carbons (Fsp3) is 0.500. The van der Waals surface area contributed by atoms with Crippen molar-refractivity contribution < 1.29 is 9.52 Å². The van der Waals surface area contributed by atoms with E-state index < -0.39 is 6.10 Å². The third-order valence-electron chi connectivity index (χ3n) is 3.40. The molecule has 0 spiro atoms. The van der Waals surface area contributed by atoms with Gasteiger partial charge < -0.3 is 19.3 Å². The molecule has 0 amide bonds. The Kier molecular flexibility index (Phi) is 5.17. The zero-order chi connectivity index (χ0) is 14.5. The van der Waals surface area contributed by atoms with Crippen LogP contribution in [0.2, 0.25) is 0 Å². The van der Waals surface area contributed by atoms with Crippen LogP contribution in [-0.4, -0.2) is 55.7 Å². The maximum absolute atomic E-state index is 10.3. The van der Waals surface area contributed by atoms with E-state index in [1.54, 1.807) is 0 Å². The lowest BCUT2D eigenvalue weighted by atomic mass is 10.2. The van der Waals surface area contributed by atoms with Gasteiger partial charge in [-0.25, -0.2) is 0 Å². The van der Waals surface area contributed by atoms with Gasteiger partial charge in [0.05, 0.1) is 0 Å². The molecule has 2 aromatic rings. The number of hydrogen-bond donors (Lipinski definition) is 1. The summed E-state index contributed by atoms with van der Waals surface area (Å²) in [5.74, 6) is 0.644. The second kappa shape index (κ2) is 6.88. The summed E-state index contributed by atoms with van der Waals surface area (Å²) in [7, 11) is 6.17. The van der Waals surface area contributed by atoms with Crippen LogP contribution in [-0.2, 0) is 0 Å². The van der Waals surface area contributed by atoms with E-state index in [-0.39, 0.29) is 0 Å². The predicted octanol–water partition coefficient (Wildman–Crippen LogP) is 2.35. The molecule has 1 atom stereocenters. The van der Waals surface area contributed by atoms with E-state index in [1.165, 1.54) is 0 Å². The van der Waals surface area contributed by atoms with Gasteiger partial charge in [-0.05, 0) is 52.8 Å². The number of benzene rings is 1. The van der Waals surface area contributed by atoms with E-state index in [0.717, 1.165) is 30.5 Å². The molecular weight excluding hydrogens is 252 g/mol. The summed E-state index contributed by atoms with van der Waals surface area (Å²) in [6, 6.07) is 9.76. The van der Waals surface area contributed by atoms with Crippen molar-refractivity contribution in [2.24, 2.45) is 0 Å². The van der Waals surface area contributed by atoms with Crippen LogP contribution in [0.25, 0.3) is 11.0 Å². The summed E-state index contributed by atoms with van der Waals surface area (Å²) in [6.07, 6.45) is 0.517. The smallest absolute Gasteiger partial charge is 0.135 e.